The first-order chi connectivity index (χ1) is 8.33. The minimum absolute atomic E-state index is 0.734. The summed E-state index contributed by atoms with van der Waals surface area (Å²) in [5.41, 5.74) is 1.26. The van der Waals surface area contributed by atoms with E-state index in [2.05, 4.69) is 27.5 Å². The Hall–Kier alpha value is -0.450. The van der Waals surface area contributed by atoms with Gasteiger partial charge in [-0.1, -0.05) is 0 Å². The van der Waals surface area contributed by atoms with Crippen LogP contribution in [0.15, 0.2) is 5.38 Å². The normalized spacial score (nSPS) is 30.2. The van der Waals surface area contributed by atoms with Gasteiger partial charge in [-0.3, -0.25) is 4.90 Å². The molecule has 2 aliphatic heterocycles. The lowest BCUT2D eigenvalue weighted by Crippen LogP contribution is -2.43. The summed E-state index contributed by atoms with van der Waals surface area (Å²) in [6.45, 7) is 5.60. The fourth-order valence-electron chi connectivity index (χ4n) is 3.23. The average molecular weight is 251 g/mol. The van der Waals surface area contributed by atoms with Gasteiger partial charge in [0.05, 0.1) is 10.7 Å². The Balaban J connectivity index is 1.65. The molecule has 1 N–H and O–H groups in total. The predicted molar refractivity (Wildman–Crippen MR) is 71.3 cm³/mol. The van der Waals surface area contributed by atoms with E-state index in [9.17, 15) is 0 Å². The van der Waals surface area contributed by atoms with Gasteiger partial charge in [0.1, 0.15) is 0 Å². The molecule has 2 fully saturated rings. The van der Waals surface area contributed by atoms with Gasteiger partial charge >= 0.3 is 0 Å². The molecule has 2 unspecified atom stereocenters. The van der Waals surface area contributed by atoms with Crippen LogP contribution in [0.2, 0.25) is 0 Å². The zero-order chi connectivity index (χ0) is 11.7. The molecule has 2 saturated heterocycles. The first-order valence-corrected chi connectivity index (χ1v) is 7.59. The number of rotatable bonds is 3. The van der Waals surface area contributed by atoms with Crippen LogP contribution in [0, 0.1) is 6.92 Å². The average Bonchev–Trinajstić information content (AvgIpc) is 3.00. The molecule has 0 amide bonds. The number of aryl methyl sites for hydroxylation is 1. The Kier molecular flexibility index (Phi) is 3.45. The summed E-state index contributed by atoms with van der Waals surface area (Å²) in [7, 11) is 0. The highest BCUT2D eigenvalue weighted by atomic mass is 32.1. The highest BCUT2D eigenvalue weighted by Gasteiger charge is 2.33. The van der Waals surface area contributed by atoms with Gasteiger partial charge in [-0.05, 0) is 45.7 Å². The summed E-state index contributed by atoms with van der Waals surface area (Å²) in [5.74, 6) is 0. The van der Waals surface area contributed by atoms with E-state index in [-0.39, 0.29) is 0 Å². The van der Waals surface area contributed by atoms with Crippen molar-refractivity contribution in [3.05, 3.63) is 16.1 Å². The highest BCUT2D eigenvalue weighted by Crippen LogP contribution is 2.26. The Morgan fingerprint density at radius 2 is 2.41 bits per heavy atom. The van der Waals surface area contributed by atoms with Crippen molar-refractivity contribution in [2.75, 3.05) is 13.1 Å². The van der Waals surface area contributed by atoms with Crippen LogP contribution in [-0.2, 0) is 6.54 Å². The number of hydrogen-bond donors (Lipinski definition) is 1. The summed E-state index contributed by atoms with van der Waals surface area (Å²) in [5, 5.41) is 7.06. The van der Waals surface area contributed by atoms with Crippen molar-refractivity contribution in [1.29, 1.82) is 0 Å². The molecular formula is C13H21N3S. The van der Waals surface area contributed by atoms with Crippen molar-refractivity contribution >= 4 is 11.3 Å². The largest absolute Gasteiger partial charge is 0.312 e. The Bertz CT molecular complexity index is 370. The molecular weight excluding hydrogens is 230 g/mol. The maximum atomic E-state index is 4.59. The third-order valence-corrected chi connectivity index (χ3v) is 4.83. The molecule has 0 bridgehead atoms. The third-order valence-electron chi connectivity index (χ3n) is 4.01. The first kappa shape index (κ1) is 11.6. The van der Waals surface area contributed by atoms with Crippen molar-refractivity contribution in [2.45, 2.75) is 51.2 Å². The van der Waals surface area contributed by atoms with Crippen LogP contribution in [0.5, 0.6) is 0 Å². The molecule has 0 saturated carbocycles. The van der Waals surface area contributed by atoms with Gasteiger partial charge in [-0.2, -0.15) is 0 Å². The molecule has 3 nitrogen and oxygen atoms in total. The lowest BCUT2D eigenvalue weighted by atomic mass is 10.0. The standard InChI is InChI=1S/C13H21N3S/c1-10-15-11(9-17-10)8-16-7-3-5-13(16)12-4-2-6-14-12/h9,12-14H,2-8H2,1H3. The van der Waals surface area contributed by atoms with E-state index in [0.29, 0.717) is 0 Å². The molecule has 4 heteroatoms. The van der Waals surface area contributed by atoms with Crippen molar-refractivity contribution in [3.63, 3.8) is 0 Å². The van der Waals surface area contributed by atoms with E-state index in [0.717, 1.165) is 18.6 Å². The number of nitrogens with zero attached hydrogens (tertiary/aromatic N) is 2. The van der Waals surface area contributed by atoms with Crippen molar-refractivity contribution in [1.82, 2.24) is 15.2 Å². The van der Waals surface area contributed by atoms with Gasteiger partial charge in [0.25, 0.3) is 0 Å². The van der Waals surface area contributed by atoms with Crippen molar-refractivity contribution < 1.29 is 0 Å². The zero-order valence-electron chi connectivity index (χ0n) is 10.5. The summed E-state index contributed by atoms with van der Waals surface area (Å²) in [6.07, 6.45) is 5.43. The van der Waals surface area contributed by atoms with Crippen LogP contribution in [-0.4, -0.2) is 35.1 Å². The third kappa shape index (κ3) is 2.54. The predicted octanol–water partition coefficient (Wildman–Crippen LogP) is 2.17. The van der Waals surface area contributed by atoms with Gasteiger partial charge in [0.2, 0.25) is 0 Å². The summed E-state index contributed by atoms with van der Waals surface area (Å²) in [4.78, 5) is 7.23. The minimum Gasteiger partial charge on any atom is -0.312 e. The molecule has 2 atom stereocenters. The summed E-state index contributed by atoms with van der Waals surface area (Å²) < 4.78 is 0. The van der Waals surface area contributed by atoms with Gasteiger partial charge in [-0.25, -0.2) is 4.98 Å². The van der Waals surface area contributed by atoms with E-state index < -0.39 is 0 Å². The quantitative estimate of drug-likeness (QED) is 0.892. The van der Waals surface area contributed by atoms with Gasteiger partial charge in [0, 0.05) is 24.0 Å². The lowest BCUT2D eigenvalue weighted by molar-refractivity contribution is 0.204. The van der Waals surface area contributed by atoms with Crippen LogP contribution in [0.3, 0.4) is 0 Å². The second-order valence-electron chi connectivity index (χ2n) is 5.24. The molecule has 0 spiro atoms. The van der Waals surface area contributed by atoms with E-state index >= 15 is 0 Å². The molecule has 3 rings (SSSR count). The van der Waals surface area contributed by atoms with E-state index in [1.165, 1.54) is 49.5 Å². The fraction of sp³-hybridized carbons (Fsp3) is 0.769. The molecule has 0 aromatic carbocycles. The Labute approximate surface area is 107 Å². The van der Waals surface area contributed by atoms with Crippen LogP contribution in [0.25, 0.3) is 0 Å². The number of aromatic nitrogens is 1. The lowest BCUT2D eigenvalue weighted by Gasteiger charge is -2.28. The minimum atomic E-state index is 0.734. The van der Waals surface area contributed by atoms with Crippen LogP contribution < -0.4 is 5.32 Å². The van der Waals surface area contributed by atoms with E-state index in [4.69, 9.17) is 0 Å². The maximum absolute atomic E-state index is 4.59. The van der Waals surface area contributed by atoms with Crippen molar-refractivity contribution in [2.24, 2.45) is 0 Å². The zero-order valence-corrected chi connectivity index (χ0v) is 11.3. The SMILES string of the molecule is Cc1nc(CN2CCCC2C2CCCN2)cs1. The number of likely N-dealkylation sites (tertiary alicyclic amines) is 1. The molecule has 2 aliphatic rings. The van der Waals surface area contributed by atoms with Gasteiger partial charge < -0.3 is 5.32 Å². The van der Waals surface area contributed by atoms with Crippen LogP contribution in [0.4, 0.5) is 0 Å². The summed E-state index contributed by atoms with van der Waals surface area (Å²) in [6, 6.07) is 1.48. The Morgan fingerprint density at radius 3 is 3.12 bits per heavy atom. The molecule has 1 aromatic heterocycles. The number of hydrogen-bond acceptors (Lipinski definition) is 4. The first-order valence-electron chi connectivity index (χ1n) is 6.71. The molecule has 1 aromatic rings. The molecule has 0 aliphatic carbocycles. The van der Waals surface area contributed by atoms with Gasteiger partial charge in [0.15, 0.2) is 0 Å². The number of nitrogens with one attached hydrogen (secondary N) is 1. The Morgan fingerprint density at radius 1 is 1.47 bits per heavy atom. The van der Waals surface area contributed by atoms with E-state index in [1.807, 2.05) is 0 Å². The smallest absolute Gasteiger partial charge is 0.0897 e. The highest BCUT2D eigenvalue weighted by molar-refractivity contribution is 7.09. The number of thiazole rings is 1. The van der Waals surface area contributed by atoms with Crippen LogP contribution in [0.1, 0.15) is 36.4 Å². The second-order valence-corrected chi connectivity index (χ2v) is 6.30. The van der Waals surface area contributed by atoms with Crippen LogP contribution >= 0.6 is 11.3 Å². The molecule has 94 valence electrons. The van der Waals surface area contributed by atoms with Crippen molar-refractivity contribution in [3.8, 4) is 0 Å². The molecule has 17 heavy (non-hydrogen) atoms. The topological polar surface area (TPSA) is 28.2 Å². The van der Waals surface area contributed by atoms with E-state index in [1.54, 1.807) is 11.3 Å². The second kappa shape index (κ2) is 5.04. The monoisotopic (exact) mass is 251 g/mol. The molecule has 0 radical (unpaired) electrons. The van der Waals surface area contributed by atoms with Gasteiger partial charge in [-0.15, -0.1) is 11.3 Å². The summed E-state index contributed by atoms with van der Waals surface area (Å²) >= 11 is 1.77. The maximum Gasteiger partial charge on any atom is 0.0897 e. The molecule has 3 heterocycles. The fourth-order valence-corrected chi connectivity index (χ4v) is 3.84.